The summed E-state index contributed by atoms with van der Waals surface area (Å²) in [5.41, 5.74) is 0. The lowest BCUT2D eigenvalue weighted by molar-refractivity contribution is -0.104. The average Bonchev–Trinajstić information content (AvgIpc) is 2.21. The van der Waals surface area contributed by atoms with E-state index in [0.717, 1.165) is 32.0 Å². The fraction of sp³-hybridized carbons (Fsp3) is 0.583. The Morgan fingerprint density at radius 1 is 1.00 bits per heavy atom. The highest BCUT2D eigenvalue weighted by Crippen LogP contribution is 1.86. The molecule has 0 unspecified atom stereocenters. The molecule has 0 atom stereocenters. The van der Waals surface area contributed by atoms with Gasteiger partial charge >= 0.3 is 0 Å². The summed E-state index contributed by atoms with van der Waals surface area (Å²) >= 11 is 0. The molecular formula is C12H22O2. The van der Waals surface area contributed by atoms with Gasteiger partial charge in [-0.1, -0.05) is 44.9 Å². The minimum Gasteiger partial charge on any atom is -0.392 e. The molecule has 0 saturated carbocycles. The molecule has 2 heteroatoms. The summed E-state index contributed by atoms with van der Waals surface area (Å²) in [7, 11) is 0. The minimum atomic E-state index is 0.181. The summed E-state index contributed by atoms with van der Waals surface area (Å²) in [5, 5.41) is 8.21. The van der Waals surface area contributed by atoms with Crippen LogP contribution >= 0.6 is 0 Å². The summed E-state index contributed by atoms with van der Waals surface area (Å²) in [6.45, 7) is 4.37. The number of hydrogen-bond acceptors (Lipinski definition) is 2. The number of hydrogen-bond donors (Lipinski definition) is 1. The van der Waals surface area contributed by atoms with Gasteiger partial charge in [-0.15, -0.1) is 0 Å². The molecule has 0 aliphatic rings. The molecule has 0 rings (SSSR count). The van der Waals surface area contributed by atoms with E-state index in [2.05, 4.69) is 13.8 Å². The molecule has 0 radical (unpaired) electrons. The van der Waals surface area contributed by atoms with Crippen molar-refractivity contribution in [3.8, 4) is 0 Å². The quantitative estimate of drug-likeness (QED) is 0.405. The third kappa shape index (κ3) is 22.5. The van der Waals surface area contributed by atoms with Crippen LogP contribution in [0.15, 0.2) is 24.3 Å². The first-order valence-corrected chi connectivity index (χ1v) is 5.19. The number of rotatable bonds is 6. The molecule has 0 fully saturated rings. The highest BCUT2D eigenvalue weighted by Gasteiger charge is 1.68. The number of unbranched alkanes of at least 4 members (excludes halogenated alkanes) is 2. The monoisotopic (exact) mass is 198 g/mol. The van der Waals surface area contributed by atoms with Crippen LogP contribution in [-0.2, 0) is 4.79 Å². The van der Waals surface area contributed by atoms with Gasteiger partial charge in [-0.3, -0.25) is 4.79 Å². The van der Waals surface area contributed by atoms with Crippen LogP contribution in [0.4, 0.5) is 0 Å². The lowest BCUT2D eigenvalue weighted by Gasteiger charge is -1.79. The van der Waals surface area contributed by atoms with E-state index in [1.165, 1.54) is 6.08 Å². The summed E-state index contributed by atoms with van der Waals surface area (Å²) in [6, 6.07) is 0. The lowest BCUT2D eigenvalue weighted by Crippen LogP contribution is -1.69. The predicted molar refractivity (Wildman–Crippen MR) is 61.2 cm³/mol. The highest BCUT2D eigenvalue weighted by atomic mass is 16.2. The Morgan fingerprint density at radius 2 is 1.57 bits per heavy atom. The van der Waals surface area contributed by atoms with Gasteiger partial charge in [0.25, 0.3) is 0 Å². The number of aliphatic hydroxyl groups excluding tert-OH is 1. The molecule has 0 amide bonds. The van der Waals surface area contributed by atoms with Gasteiger partial charge in [-0.2, -0.15) is 0 Å². The van der Waals surface area contributed by atoms with Crippen LogP contribution in [0.5, 0.6) is 0 Å². The van der Waals surface area contributed by atoms with Gasteiger partial charge in [0.1, 0.15) is 6.29 Å². The fourth-order valence-electron chi connectivity index (χ4n) is 0.678. The maximum absolute atomic E-state index is 9.59. The molecular weight excluding hydrogens is 176 g/mol. The van der Waals surface area contributed by atoms with Crippen molar-refractivity contribution in [3.05, 3.63) is 24.3 Å². The van der Waals surface area contributed by atoms with Crippen molar-refractivity contribution in [2.45, 2.75) is 39.5 Å². The van der Waals surface area contributed by atoms with E-state index >= 15 is 0 Å². The third-order valence-electron chi connectivity index (χ3n) is 1.40. The van der Waals surface area contributed by atoms with E-state index in [1.54, 1.807) is 6.08 Å². The summed E-state index contributed by atoms with van der Waals surface area (Å²) in [6.07, 6.45) is 12.3. The topological polar surface area (TPSA) is 37.3 Å². The van der Waals surface area contributed by atoms with E-state index in [4.69, 9.17) is 5.11 Å². The average molecular weight is 198 g/mol. The first kappa shape index (κ1) is 15.6. The zero-order valence-electron chi connectivity index (χ0n) is 9.28. The van der Waals surface area contributed by atoms with Crippen LogP contribution in [0, 0.1) is 0 Å². The zero-order chi connectivity index (χ0) is 11.1. The largest absolute Gasteiger partial charge is 0.392 e. The van der Waals surface area contributed by atoms with Crippen molar-refractivity contribution in [1.29, 1.82) is 0 Å². The third-order valence-corrected chi connectivity index (χ3v) is 1.40. The maximum atomic E-state index is 9.59. The normalized spacial score (nSPS) is 10.2. The smallest absolute Gasteiger partial charge is 0.142 e. The van der Waals surface area contributed by atoms with Crippen molar-refractivity contribution in [2.24, 2.45) is 0 Å². The van der Waals surface area contributed by atoms with Crippen LogP contribution in [0.3, 0.4) is 0 Å². The molecule has 0 aliphatic carbocycles. The Kier molecular flexibility index (Phi) is 20.0. The second-order valence-corrected chi connectivity index (χ2v) is 2.80. The van der Waals surface area contributed by atoms with Crippen LogP contribution in [0.2, 0.25) is 0 Å². The Morgan fingerprint density at radius 3 is 2.00 bits per heavy atom. The van der Waals surface area contributed by atoms with Gasteiger partial charge in [0.2, 0.25) is 0 Å². The van der Waals surface area contributed by atoms with Crippen LogP contribution in [0.1, 0.15) is 39.5 Å². The van der Waals surface area contributed by atoms with E-state index in [-0.39, 0.29) is 6.61 Å². The zero-order valence-corrected chi connectivity index (χ0v) is 9.28. The Hall–Kier alpha value is -0.890. The standard InChI is InChI=1S/C6H12O.C6H10O/c2*1-2-3-4-5-6-7/h4-5,7H,2-3,6H2,1H3;4-6H,2-3H2,1H3. The van der Waals surface area contributed by atoms with Crippen molar-refractivity contribution >= 4 is 6.29 Å². The van der Waals surface area contributed by atoms with Crippen LogP contribution in [0.25, 0.3) is 0 Å². The number of carbonyl (C=O) groups is 1. The molecule has 0 saturated heterocycles. The van der Waals surface area contributed by atoms with Gasteiger partial charge in [-0.25, -0.2) is 0 Å². The maximum Gasteiger partial charge on any atom is 0.142 e. The van der Waals surface area contributed by atoms with Gasteiger partial charge in [0.05, 0.1) is 6.61 Å². The second-order valence-electron chi connectivity index (χ2n) is 2.80. The molecule has 0 heterocycles. The molecule has 0 aromatic carbocycles. The van der Waals surface area contributed by atoms with Gasteiger partial charge in [0, 0.05) is 0 Å². The molecule has 0 aromatic heterocycles. The van der Waals surface area contributed by atoms with Crippen molar-refractivity contribution in [3.63, 3.8) is 0 Å². The van der Waals surface area contributed by atoms with Crippen molar-refractivity contribution in [2.75, 3.05) is 6.61 Å². The molecule has 14 heavy (non-hydrogen) atoms. The van der Waals surface area contributed by atoms with Gasteiger partial charge in [-0.05, 0) is 18.9 Å². The summed E-state index contributed by atoms with van der Waals surface area (Å²) in [5.74, 6) is 0. The van der Waals surface area contributed by atoms with Crippen LogP contribution in [-0.4, -0.2) is 18.0 Å². The van der Waals surface area contributed by atoms with E-state index < -0.39 is 0 Å². The number of carbonyl (C=O) groups excluding carboxylic acids is 1. The second kappa shape index (κ2) is 18.0. The molecule has 0 aromatic rings. The van der Waals surface area contributed by atoms with E-state index in [9.17, 15) is 4.79 Å². The SMILES string of the molecule is CCCC=CC=O.CCCC=CCO. The molecule has 1 N–H and O–H groups in total. The van der Waals surface area contributed by atoms with Crippen molar-refractivity contribution in [1.82, 2.24) is 0 Å². The Bertz CT molecular complexity index is 148. The van der Waals surface area contributed by atoms with Crippen molar-refractivity contribution < 1.29 is 9.90 Å². The highest BCUT2D eigenvalue weighted by molar-refractivity contribution is 5.64. The molecule has 0 spiro atoms. The van der Waals surface area contributed by atoms with Gasteiger partial charge < -0.3 is 5.11 Å². The minimum absolute atomic E-state index is 0.181. The first-order chi connectivity index (χ1) is 6.83. The Balaban J connectivity index is 0. The fourth-order valence-corrected chi connectivity index (χ4v) is 0.678. The molecule has 0 bridgehead atoms. The molecule has 2 nitrogen and oxygen atoms in total. The van der Waals surface area contributed by atoms with Gasteiger partial charge in [0.15, 0.2) is 0 Å². The number of aldehydes is 1. The Labute approximate surface area is 87.3 Å². The first-order valence-electron chi connectivity index (χ1n) is 5.19. The number of aliphatic hydroxyl groups is 1. The van der Waals surface area contributed by atoms with Crippen LogP contribution < -0.4 is 0 Å². The van der Waals surface area contributed by atoms with E-state index in [0.29, 0.717) is 0 Å². The molecule has 0 aliphatic heterocycles. The summed E-state index contributed by atoms with van der Waals surface area (Å²) < 4.78 is 0. The predicted octanol–water partition coefficient (Wildman–Crippen LogP) is 2.88. The molecule has 82 valence electrons. The number of allylic oxidation sites excluding steroid dienone is 3. The van der Waals surface area contributed by atoms with E-state index in [1.807, 2.05) is 12.2 Å². The lowest BCUT2D eigenvalue weighted by atomic mass is 10.3. The summed E-state index contributed by atoms with van der Waals surface area (Å²) in [4.78, 5) is 9.59.